The predicted molar refractivity (Wildman–Crippen MR) is 65.4 cm³/mol. The molecule has 3 atom stereocenters. The molecule has 1 saturated heterocycles. The number of hydrogen-bond acceptors (Lipinski definition) is 4. The number of rotatable bonds is 6. The molecule has 3 unspecified atom stereocenters. The molecule has 0 spiro atoms. The highest BCUT2D eigenvalue weighted by molar-refractivity contribution is 5.79. The average molecular weight is 244 g/mol. The molecule has 1 aliphatic heterocycles. The van der Waals surface area contributed by atoms with E-state index in [1.165, 1.54) is 0 Å². The maximum Gasteiger partial charge on any atom is 0.227 e. The molecule has 0 saturated carbocycles. The summed E-state index contributed by atoms with van der Waals surface area (Å²) in [6, 6.07) is -0.222. The largest absolute Gasteiger partial charge is 0.391 e. The van der Waals surface area contributed by atoms with Crippen molar-refractivity contribution >= 4 is 5.91 Å². The van der Waals surface area contributed by atoms with E-state index in [0.29, 0.717) is 19.8 Å². The van der Waals surface area contributed by atoms with Gasteiger partial charge in [-0.2, -0.15) is 0 Å². The first-order chi connectivity index (χ1) is 8.10. The van der Waals surface area contributed by atoms with E-state index in [1.807, 2.05) is 13.8 Å². The molecule has 1 fully saturated rings. The molecule has 0 aromatic heterocycles. The Hall–Kier alpha value is -0.650. The number of nitrogens with two attached hydrogens (primary N) is 1. The van der Waals surface area contributed by atoms with E-state index < -0.39 is 6.10 Å². The lowest BCUT2D eigenvalue weighted by Crippen LogP contribution is -2.44. The Bertz CT molecular complexity index is 244. The Morgan fingerprint density at radius 2 is 2.12 bits per heavy atom. The summed E-state index contributed by atoms with van der Waals surface area (Å²) in [4.78, 5) is 11.8. The highest BCUT2D eigenvalue weighted by atomic mass is 16.5. The van der Waals surface area contributed by atoms with Gasteiger partial charge in [-0.25, -0.2) is 0 Å². The summed E-state index contributed by atoms with van der Waals surface area (Å²) < 4.78 is 5.14. The SMILES string of the molecule is CCC(CC)C(O)CNC(=O)C1COCC1N. The van der Waals surface area contributed by atoms with Crippen LogP contribution < -0.4 is 11.1 Å². The van der Waals surface area contributed by atoms with Crippen molar-refractivity contribution in [1.29, 1.82) is 0 Å². The third-order valence-electron chi connectivity index (χ3n) is 3.54. The maximum atomic E-state index is 11.8. The molecule has 0 bridgehead atoms. The van der Waals surface area contributed by atoms with Gasteiger partial charge in [0.05, 0.1) is 25.2 Å². The first kappa shape index (κ1) is 14.4. The predicted octanol–water partition coefficient (Wildman–Crippen LogP) is -0.127. The smallest absolute Gasteiger partial charge is 0.227 e. The normalized spacial score (nSPS) is 26.2. The molecule has 4 N–H and O–H groups in total. The van der Waals surface area contributed by atoms with Gasteiger partial charge in [-0.1, -0.05) is 26.7 Å². The number of carbonyl (C=O) groups is 1. The fourth-order valence-corrected chi connectivity index (χ4v) is 2.18. The van der Waals surface area contributed by atoms with Gasteiger partial charge >= 0.3 is 0 Å². The van der Waals surface area contributed by atoms with Gasteiger partial charge in [0.1, 0.15) is 0 Å². The van der Waals surface area contributed by atoms with Gasteiger partial charge in [-0.15, -0.1) is 0 Å². The van der Waals surface area contributed by atoms with Crippen LogP contribution >= 0.6 is 0 Å². The number of amides is 1. The summed E-state index contributed by atoms with van der Waals surface area (Å²) in [6.07, 6.45) is 1.35. The van der Waals surface area contributed by atoms with Crippen molar-refractivity contribution in [2.24, 2.45) is 17.6 Å². The topological polar surface area (TPSA) is 84.6 Å². The molecular formula is C12H24N2O3. The zero-order valence-corrected chi connectivity index (χ0v) is 10.7. The third kappa shape index (κ3) is 3.94. The van der Waals surface area contributed by atoms with Gasteiger partial charge in [-0.3, -0.25) is 4.79 Å². The van der Waals surface area contributed by atoms with Crippen LogP contribution in [0.3, 0.4) is 0 Å². The van der Waals surface area contributed by atoms with Gasteiger partial charge in [0.2, 0.25) is 5.91 Å². The molecule has 0 aromatic rings. The second-order valence-electron chi connectivity index (χ2n) is 4.70. The Kier molecular flexibility index (Phi) is 5.88. The summed E-state index contributed by atoms with van der Waals surface area (Å²) in [5.74, 6) is -0.146. The number of aliphatic hydroxyl groups excluding tert-OH is 1. The monoisotopic (exact) mass is 244 g/mol. The molecule has 100 valence electrons. The lowest BCUT2D eigenvalue weighted by atomic mass is 9.96. The van der Waals surface area contributed by atoms with Crippen LogP contribution in [0.1, 0.15) is 26.7 Å². The average Bonchev–Trinajstić information content (AvgIpc) is 2.74. The van der Waals surface area contributed by atoms with Gasteiger partial charge in [-0.05, 0) is 5.92 Å². The molecule has 0 aromatic carbocycles. The molecule has 1 aliphatic rings. The molecule has 1 amide bonds. The van der Waals surface area contributed by atoms with Crippen molar-refractivity contribution in [2.75, 3.05) is 19.8 Å². The third-order valence-corrected chi connectivity index (χ3v) is 3.54. The highest BCUT2D eigenvalue weighted by Crippen LogP contribution is 2.14. The van der Waals surface area contributed by atoms with E-state index in [9.17, 15) is 9.90 Å². The van der Waals surface area contributed by atoms with Crippen molar-refractivity contribution in [1.82, 2.24) is 5.32 Å². The number of aliphatic hydroxyl groups is 1. The molecule has 1 rings (SSSR count). The highest BCUT2D eigenvalue weighted by Gasteiger charge is 2.31. The van der Waals surface area contributed by atoms with Gasteiger partial charge < -0.3 is 20.9 Å². The number of nitrogens with one attached hydrogen (secondary N) is 1. The summed E-state index contributed by atoms with van der Waals surface area (Å²) in [5, 5.41) is 12.6. The van der Waals surface area contributed by atoms with Gasteiger partial charge in [0, 0.05) is 12.6 Å². The van der Waals surface area contributed by atoms with Crippen molar-refractivity contribution in [2.45, 2.75) is 38.8 Å². The van der Waals surface area contributed by atoms with E-state index in [1.54, 1.807) is 0 Å². The Balaban J connectivity index is 2.32. The van der Waals surface area contributed by atoms with Crippen LogP contribution in [0.15, 0.2) is 0 Å². The summed E-state index contributed by atoms with van der Waals surface area (Å²) in [7, 11) is 0. The first-order valence-corrected chi connectivity index (χ1v) is 6.39. The van der Waals surface area contributed by atoms with Crippen LogP contribution in [-0.4, -0.2) is 42.9 Å². The Morgan fingerprint density at radius 1 is 1.47 bits per heavy atom. The van der Waals surface area contributed by atoms with Crippen LogP contribution in [0.2, 0.25) is 0 Å². The molecule has 17 heavy (non-hydrogen) atoms. The van der Waals surface area contributed by atoms with Crippen LogP contribution in [0.5, 0.6) is 0 Å². The van der Waals surface area contributed by atoms with Crippen molar-refractivity contribution in [3.8, 4) is 0 Å². The molecular weight excluding hydrogens is 220 g/mol. The zero-order valence-electron chi connectivity index (χ0n) is 10.7. The Labute approximate surface area is 103 Å². The molecule has 0 aliphatic carbocycles. The lowest BCUT2D eigenvalue weighted by molar-refractivity contribution is -0.125. The number of ether oxygens (including phenoxy) is 1. The molecule has 5 heteroatoms. The summed E-state index contributed by atoms with van der Waals surface area (Å²) >= 11 is 0. The van der Waals surface area contributed by atoms with Crippen LogP contribution in [-0.2, 0) is 9.53 Å². The van der Waals surface area contributed by atoms with E-state index in [0.717, 1.165) is 12.8 Å². The lowest BCUT2D eigenvalue weighted by Gasteiger charge is -2.21. The van der Waals surface area contributed by atoms with E-state index >= 15 is 0 Å². The number of carbonyl (C=O) groups excluding carboxylic acids is 1. The Morgan fingerprint density at radius 3 is 2.59 bits per heavy atom. The minimum absolute atomic E-state index is 0.111. The van der Waals surface area contributed by atoms with E-state index in [2.05, 4.69) is 5.32 Å². The van der Waals surface area contributed by atoms with Gasteiger partial charge in [0.15, 0.2) is 0 Å². The van der Waals surface area contributed by atoms with E-state index in [-0.39, 0.29) is 23.8 Å². The van der Waals surface area contributed by atoms with Crippen molar-refractivity contribution < 1.29 is 14.6 Å². The minimum atomic E-state index is -0.479. The minimum Gasteiger partial charge on any atom is -0.391 e. The summed E-state index contributed by atoms with van der Waals surface area (Å²) in [5.41, 5.74) is 5.75. The fraction of sp³-hybridized carbons (Fsp3) is 0.917. The maximum absolute atomic E-state index is 11.8. The second kappa shape index (κ2) is 6.93. The van der Waals surface area contributed by atoms with E-state index in [4.69, 9.17) is 10.5 Å². The summed E-state index contributed by atoms with van der Waals surface area (Å²) in [6.45, 7) is 5.20. The fourth-order valence-electron chi connectivity index (χ4n) is 2.18. The molecule has 0 radical (unpaired) electrons. The van der Waals surface area contributed by atoms with Crippen LogP contribution in [0.25, 0.3) is 0 Å². The van der Waals surface area contributed by atoms with Crippen molar-refractivity contribution in [3.05, 3.63) is 0 Å². The number of hydrogen-bond donors (Lipinski definition) is 3. The molecule has 5 nitrogen and oxygen atoms in total. The molecule has 1 heterocycles. The van der Waals surface area contributed by atoms with Crippen LogP contribution in [0.4, 0.5) is 0 Å². The quantitative estimate of drug-likeness (QED) is 0.608. The first-order valence-electron chi connectivity index (χ1n) is 6.39. The van der Waals surface area contributed by atoms with Crippen LogP contribution in [0, 0.1) is 11.8 Å². The standard InChI is InChI=1S/C12H24N2O3/c1-3-8(4-2)11(15)5-14-12(16)9-6-17-7-10(9)13/h8-11,15H,3-7,13H2,1-2H3,(H,14,16). The van der Waals surface area contributed by atoms with Gasteiger partial charge in [0.25, 0.3) is 0 Å². The van der Waals surface area contributed by atoms with Crippen molar-refractivity contribution in [3.63, 3.8) is 0 Å². The zero-order chi connectivity index (χ0) is 12.8. The second-order valence-corrected chi connectivity index (χ2v) is 4.70.